The molecule has 0 spiro atoms. The van der Waals surface area contributed by atoms with Crippen LogP contribution in [-0.2, 0) is 12.7 Å². The van der Waals surface area contributed by atoms with Gasteiger partial charge in [-0.3, -0.25) is 0 Å². The lowest BCUT2D eigenvalue weighted by atomic mass is 9.86. The zero-order valence-corrected chi connectivity index (χ0v) is 9.71. The van der Waals surface area contributed by atoms with Crippen LogP contribution in [0.2, 0.25) is 0 Å². The maximum Gasteiger partial charge on any atom is 0.434 e. The monoisotopic (exact) mass is 250 g/mol. The average molecular weight is 250 g/mol. The molecule has 2 rings (SSSR count). The second-order valence-corrected chi connectivity index (χ2v) is 5.10. The highest BCUT2D eigenvalue weighted by Crippen LogP contribution is 2.42. The fourth-order valence-corrected chi connectivity index (χ4v) is 2.97. The topological polar surface area (TPSA) is 24.9 Å². The normalized spacial score (nSPS) is 17.5. The first kappa shape index (κ1) is 11.9. The lowest BCUT2D eigenvalue weighted by Crippen LogP contribution is -2.13. The number of thiazole rings is 1. The maximum absolute atomic E-state index is 12.7. The third-order valence-corrected chi connectivity index (χ3v) is 3.99. The Bertz CT molecular complexity index is 369. The summed E-state index contributed by atoms with van der Waals surface area (Å²) >= 11 is 1.20. The van der Waals surface area contributed by atoms with Gasteiger partial charge in [0.25, 0.3) is 0 Å². The van der Waals surface area contributed by atoms with Crippen molar-refractivity contribution in [2.75, 3.05) is 7.05 Å². The molecule has 1 saturated carbocycles. The number of hydrogen-bond acceptors (Lipinski definition) is 3. The molecule has 1 N–H and O–H groups in total. The highest BCUT2D eigenvalue weighted by atomic mass is 32.1. The van der Waals surface area contributed by atoms with E-state index >= 15 is 0 Å². The Morgan fingerprint density at radius 3 is 2.56 bits per heavy atom. The number of nitrogens with one attached hydrogen (secondary N) is 1. The molecule has 1 fully saturated rings. The first-order chi connectivity index (χ1) is 7.52. The second-order valence-electron chi connectivity index (χ2n) is 3.98. The van der Waals surface area contributed by atoms with Gasteiger partial charge in [-0.2, -0.15) is 13.2 Å². The van der Waals surface area contributed by atoms with Crippen molar-refractivity contribution in [2.24, 2.45) is 0 Å². The summed E-state index contributed by atoms with van der Waals surface area (Å²) in [5, 5.41) is 3.41. The van der Waals surface area contributed by atoms with Crippen LogP contribution >= 0.6 is 11.3 Å². The Morgan fingerprint density at radius 1 is 1.44 bits per heavy atom. The number of alkyl halides is 3. The van der Waals surface area contributed by atoms with Crippen LogP contribution in [0.3, 0.4) is 0 Å². The van der Waals surface area contributed by atoms with Crippen molar-refractivity contribution in [2.45, 2.75) is 37.9 Å². The molecule has 16 heavy (non-hydrogen) atoms. The van der Waals surface area contributed by atoms with Gasteiger partial charge in [0, 0.05) is 12.5 Å². The van der Waals surface area contributed by atoms with Gasteiger partial charge < -0.3 is 5.32 Å². The van der Waals surface area contributed by atoms with E-state index in [1.54, 1.807) is 7.05 Å². The molecule has 90 valence electrons. The van der Waals surface area contributed by atoms with E-state index in [9.17, 15) is 13.2 Å². The highest BCUT2D eigenvalue weighted by Gasteiger charge is 2.38. The van der Waals surface area contributed by atoms with Crippen LogP contribution in [0.5, 0.6) is 0 Å². The van der Waals surface area contributed by atoms with E-state index in [0.29, 0.717) is 9.88 Å². The van der Waals surface area contributed by atoms with Crippen molar-refractivity contribution in [3.63, 3.8) is 0 Å². The van der Waals surface area contributed by atoms with E-state index < -0.39 is 11.9 Å². The van der Waals surface area contributed by atoms with Gasteiger partial charge in [0.15, 0.2) is 5.69 Å². The smallest absolute Gasteiger partial charge is 0.315 e. The van der Waals surface area contributed by atoms with Crippen LogP contribution in [0.1, 0.15) is 40.8 Å². The van der Waals surface area contributed by atoms with Crippen LogP contribution < -0.4 is 5.32 Å². The average Bonchev–Trinajstić information content (AvgIpc) is 2.45. The summed E-state index contributed by atoms with van der Waals surface area (Å²) in [5.41, 5.74) is -0.700. The second kappa shape index (κ2) is 4.33. The third kappa shape index (κ3) is 2.22. The van der Waals surface area contributed by atoms with E-state index in [1.807, 2.05) is 0 Å². The molecular formula is C10H13F3N2S. The SMILES string of the molecule is CNCc1sc(C2CCC2)nc1C(F)(F)F. The van der Waals surface area contributed by atoms with Crippen molar-refractivity contribution in [1.29, 1.82) is 0 Å². The minimum Gasteiger partial charge on any atom is -0.315 e. The maximum atomic E-state index is 12.7. The van der Waals surface area contributed by atoms with Gasteiger partial charge in [-0.05, 0) is 19.9 Å². The Kier molecular flexibility index (Phi) is 3.21. The van der Waals surface area contributed by atoms with Crippen LogP contribution in [0.15, 0.2) is 0 Å². The first-order valence-corrected chi connectivity index (χ1v) is 6.05. The van der Waals surface area contributed by atoms with Crippen molar-refractivity contribution in [1.82, 2.24) is 10.3 Å². The summed E-state index contributed by atoms with van der Waals surface area (Å²) in [5.74, 6) is 0.261. The summed E-state index contributed by atoms with van der Waals surface area (Å²) in [6.45, 7) is 0.235. The van der Waals surface area contributed by atoms with Gasteiger partial charge in [0.05, 0.1) is 9.88 Å². The molecule has 2 nitrogen and oxygen atoms in total. The van der Waals surface area contributed by atoms with E-state index in [-0.39, 0.29) is 12.5 Å². The molecule has 1 aliphatic rings. The quantitative estimate of drug-likeness (QED) is 0.891. The number of nitrogens with zero attached hydrogens (tertiary/aromatic N) is 1. The van der Waals surface area contributed by atoms with Gasteiger partial charge >= 0.3 is 6.18 Å². The molecule has 6 heteroatoms. The van der Waals surface area contributed by atoms with Crippen LogP contribution in [0.25, 0.3) is 0 Å². The fraction of sp³-hybridized carbons (Fsp3) is 0.700. The number of halogens is 3. The first-order valence-electron chi connectivity index (χ1n) is 5.23. The third-order valence-electron chi connectivity index (χ3n) is 2.77. The Morgan fingerprint density at radius 2 is 2.12 bits per heavy atom. The van der Waals surface area contributed by atoms with Gasteiger partial charge in [-0.1, -0.05) is 6.42 Å². The van der Waals surface area contributed by atoms with Gasteiger partial charge in [0.1, 0.15) is 0 Å². The predicted molar refractivity (Wildman–Crippen MR) is 56.5 cm³/mol. The highest BCUT2D eigenvalue weighted by molar-refractivity contribution is 7.11. The van der Waals surface area contributed by atoms with Gasteiger partial charge in [0.2, 0.25) is 0 Å². The lowest BCUT2D eigenvalue weighted by molar-refractivity contribution is -0.141. The van der Waals surface area contributed by atoms with E-state index in [4.69, 9.17) is 0 Å². The van der Waals surface area contributed by atoms with E-state index in [2.05, 4.69) is 10.3 Å². The molecule has 0 unspecified atom stereocenters. The molecule has 0 amide bonds. The van der Waals surface area contributed by atoms with Crippen molar-refractivity contribution >= 4 is 11.3 Å². The summed E-state index contributed by atoms with van der Waals surface area (Å²) in [6, 6.07) is 0. The molecule has 0 aromatic carbocycles. The van der Waals surface area contributed by atoms with Crippen LogP contribution in [-0.4, -0.2) is 12.0 Å². The number of hydrogen-bond donors (Lipinski definition) is 1. The van der Waals surface area contributed by atoms with Crippen LogP contribution in [0, 0.1) is 0 Å². The minimum atomic E-state index is -4.33. The summed E-state index contributed by atoms with van der Waals surface area (Å²) in [7, 11) is 1.64. The van der Waals surface area contributed by atoms with Crippen molar-refractivity contribution < 1.29 is 13.2 Å². The molecule has 0 bridgehead atoms. The zero-order valence-electron chi connectivity index (χ0n) is 8.90. The molecule has 0 saturated heterocycles. The molecule has 0 aliphatic heterocycles. The molecule has 1 heterocycles. The molecule has 1 aromatic rings. The number of rotatable bonds is 3. The largest absolute Gasteiger partial charge is 0.434 e. The summed E-state index contributed by atoms with van der Waals surface area (Å²) < 4.78 is 38.1. The predicted octanol–water partition coefficient (Wildman–Crippen LogP) is 3.15. The van der Waals surface area contributed by atoms with Gasteiger partial charge in [-0.25, -0.2) is 4.98 Å². The Balaban J connectivity index is 2.29. The van der Waals surface area contributed by atoms with E-state index in [0.717, 1.165) is 19.3 Å². The van der Waals surface area contributed by atoms with Crippen molar-refractivity contribution in [3.8, 4) is 0 Å². The standard InChI is InChI=1S/C10H13F3N2S/c1-14-5-7-8(10(11,12)13)15-9(16-7)6-3-2-4-6/h6,14H,2-5H2,1H3. The van der Waals surface area contributed by atoms with Crippen molar-refractivity contribution in [3.05, 3.63) is 15.6 Å². The minimum absolute atomic E-state index is 0.235. The van der Waals surface area contributed by atoms with Gasteiger partial charge in [-0.15, -0.1) is 11.3 Å². The molecular weight excluding hydrogens is 237 g/mol. The Hall–Kier alpha value is -0.620. The van der Waals surface area contributed by atoms with E-state index in [1.165, 1.54) is 11.3 Å². The van der Waals surface area contributed by atoms with Crippen LogP contribution in [0.4, 0.5) is 13.2 Å². The fourth-order valence-electron chi connectivity index (χ4n) is 1.70. The molecule has 1 aromatic heterocycles. The number of aromatic nitrogens is 1. The molecule has 0 atom stereocenters. The summed E-state index contributed by atoms with van der Waals surface area (Å²) in [6.07, 6.45) is -1.27. The summed E-state index contributed by atoms with van der Waals surface area (Å²) in [4.78, 5) is 4.08. The Labute approximate surface area is 95.9 Å². The zero-order chi connectivity index (χ0) is 11.8. The lowest BCUT2D eigenvalue weighted by Gasteiger charge is -2.22. The molecule has 1 aliphatic carbocycles. The molecule has 0 radical (unpaired) electrons.